The van der Waals surface area contributed by atoms with Crippen LogP contribution < -0.4 is 19.9 Å². The first-order valence-corrected chi connectivity index (χ1v) is 6.19. The summed E-state index contributed by atoms with van der Waals surface area (Å²) in [6, 6.07) is 3.96. The number of benzene rings is 1. The number of ether oxygens (including phenoxy) is 3. The van der Waals surface area contributed by atoms with Gasteiger partial charge in [0.1, 0.15) is 0 Å². The van der Waals surface area contributed by atoms with Crippen molar-refractivity contribution in [3.05, 3.63) is 17.7 Å². The number of hydrogen-bond acceptors (Lipinski definition) is 4. The fourth-order valence-corrected chi connectivity index (χ4v) is 2.45. The number of methoxy groups -OCH3 is 3. The monoisotopic (exact) mass is 251 g/mol. The van der Waals surface area contributed by atoms with Crippen molar-refractivity contribution in [1.82, 2.24) is 0 Å². The highest BCUT2D eigenvalue weighted by atomic mass is 16.5. The third-order valence-corrected chi connectivity index (χ3v) is 3.63. The highest BCUT2D eigenvalue weighted by Crippen LogP contribution is 2.40. The molecule has 4 nitrogen and oxygen atoms in total. The second-order valence-corrected chi connectivity index (χ2v) is 4.93. The van der Waals surface area contributed by atoms with Crippen LogP contribution in [-0.4, -0.2) is 26.9 Å². The van der Waals surface area contributed by atoms with Gasteiger partial charge in [-0.15, -0.1) is 0 Å². The SMILES string of the molecule is COc1cc(CC2(N)CCC2)cc(OC)c1OC. The zero-order valence-corrected chi connectivity index (χ0v) is 11.3. The lowest BCUT2D eigenvalue weighted by Gasteiger charge is -2.38. The van der Waals surface area contributed by atoms with Gasteiger partial charge in [0.2, 0.25) is 5.75 Å². The van der Waals surface area contributed by atoms with E-state index >= 15 is 0 Å². The van der Waals surface area contributed by atoms with Crippen molar-refractivity contribution in [3.63, 3.8) is 0 Å². The number of rotatable bonds is 5. The molecule has 0 amide bonds. The van der Waals surface area contributed by atoms with Crippen molar-refractivity contribution in [2.75, 3.05) is 21.3 Å². The average molecular weight is 251 g/mol. The predicted molar refractivity (Wildman–Crippen MR) is 70.6 cm³/mol. The Hall–Kier alpha value is -1.42. The van der Waals surface area contributed by atoms with Gasteiger partial charge in [-0.05, 0) is 43.4 Å². The van der Waals surface area contributed by atoms with E-state index in [4.69, 9.17) is 19.9 Å². The molecule has 2 rings (SSSR count). The van der Waals surface area contributed by atoms with Crippen LogP contribution in [0.3, 0.4) is 0 Å². The smallest absolute Gasteiger partial charge is 0.203 e. The molecule has 0 unspecified atom stereocenters. The van der Waals surface area contributed by atoms with Gasteiger partial charge in [0.15, 0.2) is 11.5 Å². The summed E-state index contributed by atoms with van der Waals surface area (Å²) < 4.78 is 16.0. The summed E-state index contributed by atoms with van der Waals surface area (Å²) >= 11 is 0. The molecule has 1 aliphatic carbocycles. The minimum atomic E-state index is -0.0510. The van der Waals surface area contributed by atoms with Crippen LogP contribution in [0.25, 0.3) is 0 Å². The third-order valence-electron chi connectivity index (χ3n) is 3.63. The van der Waals surface area contributed by atoms with E-state index in [1.54, 1.807) is 21.3 Å². The zero-order chi connectivity index (χ0) is 13.2. The average Bonchev–Trinajstić information content (AvgIpc) is 2.35. The van der Waals surface area contributed by atoms with Crippen LogP contribution in [0.4, 0.5) is 0 Å². The summed E-state index contributed by atoms with van der Waals surface area (Å²) in [5.74, 6) is 2.01. The molecule has 1 fully saturated rings. The molecule has 0 heterocycles. The van der Waals surface area contributed by atoms with Gasteiger partial charge in [0.25, 0.3) is 0 Å². The van der Waals surface area contributed by atoms with E-state index in [0.717, 1.165) is 24.8 Å². The molecule has 18 heavy (non-hydrogen) atoms. The summed E-state index contributed by atoms with van der Waals surface area (Å²) in [7, 11) is 4.86. The van der Waals surface area contributed by atoms with Crippen LogP contribution in [0.2, 0.25) is 0 Å². The van der Waals surface area contributed by atoms with Gasteiger partial charge in [0, 0.05) is 5.54 Å². The molecular formula is C14H21NO3. The van der Waals surface area contributed by atoms with Crippen LogP contribution >= 0.6 is 0 Å². The quantitative estimate of drug-likeness (QED) is 0.871. The van der Waals surface area contributed by atoms with E-state index in [0.29, 0.717) is 17.2 Å². The highest BCUT2D eigenvalue weighted by molar-refractivity contribution is 5.54. The fraction of sp³-hybridized carbons (Fsp3) is 0.571. The summed E-state index contributed by atoms with van der Waals surface area (Å²) in [6.45, 7) is 0. The highest BCUT2D eigenvalue weighted by Gasteiger charge is 2.33. The Bertz CT molecular complexity index is 402. The third kappa shape index (κ3) is 2.38. The van der Waals surface area contributed by atoms with Gasteiger partial charge in [-0.1, -0.05) is 0 Å². The first-order valence-electron chi connectivity index (χ1n) is 6.19. The van der Waals surface area contributed by atoms with Crippen molar-refractivity contribution < 1.29 is 14.2 Å². The van der Waals surface area contributed by atoms with E-state index in [9.17, 15) is 0 Å². The summed E-state index contributed by atoms with van der Waals surface area (Å²) in [5, 5.41) is 0. The minimum absolute atomic E-state index is 0.0510. The van der Waals surface area contributed by atoms with Crippen molar-refractivity contribution in [2.24, 2.45) is 5.73 Å². The predicted octanol–water partition coefficient (Wildman–Crippen LogP) is 2.14. The molecule has 1 aliphatic rings. The Morgan fingerprint density at radius 2 is 1.61 bits per heavy atom. The van der Waals surface area contributed by atoms with Crippen LogP contribution in [0, 0.1) is 0 Å². The molecule has 2 N–H and O–H groups in total. The van der Waals surface area contributed by atoms with Gasteiger partial charge >= 0.3 is 0 Å². The van der Waals surface area contributed by atoms with Gasteiger partial charge in [0.05, 0.1) is 21.3 Å². The molecule has 0 atom stereocenters. The van der Waals surface area contributed by atoms with E-state index in [2.05, 4.69) is 0 Å². The van der Waals surface area contributed by atoms with Crippen LogP contribution in [0.5, 0.6) is 17.2 Å². The molecule has 0 radical (unpaired) electrons. The van der Waals surface area contributed by atoms with Crippen molar-refractivity contribution in [2.45, 2.75) is 31.2 Å². The molecule has 0 bridgehead atoms. The Morgan fingerprint density at radius 3 is 1.94 bits per heavy atom. The van der Waals surface area contributed by atoms with Crippen LogP contribution in [-0.2, 0) is 6.42 Å². The molecule has 4 heteroatoms. The molecule has 1 saturated carbocycles. The number of nitrogens with two attached hydrogens (primary N) is 1. The van der Waals surface area contributed by atoms with Gasteiger partial charge in [-0.25, -0.2) is 0 Å². The fourth-order valence-electron chi connectivity index (χ4n) is 2.45. The number of hydrogen-bond donors (Lipinski definition) is 1. The Balaban J connectivity index is 2.30. The van der Waals surface area contributed by atoms with Crippen molar-refractivity contribution >= 4 is 0 Å². The molecule has 0 aromatic heterocycles. The van der Waals surface area contributed by atoms with E-state index in [-0.39, 0.29) is 5.54 Å². The molecule has 0 saturated heterocycles. The topological polar surface area (TPSA) is 53.7 Å². The van der Waals surface area contributed by atoms with E-state index in [1.165, 1.54) is 6.42 Å². The summed E-state index contributed by atoms with van der Waals surface area (Å²) in [5.41, 5.74) is 7.36. The Kier molecular flexibility index (Phi) is 3.66. The first-order chi connectivity index (χ1) is 8.61. The maximum absolute atomic E-state index is 6.28. The van der Waals surface area contributed by atoms with Crippen molar-refractivity contribution in [3.8, 4) is 17.2 Å². The maximum atomic E-state index is 6.28. The minimum Gasteiger partial charge on any atom is -0.493 e. The van der Waals surface area contributed by atoms with Gasteiger partial charge < -0.3 is 19.9 Å². The summed E-state index contributed by atoms with van der Waals surface area (Å²) in [4.78, 5) is 0. The lowest BCUT2D eigenvalue weighted by atomic mass is 9.74. The van der Waals surface area contributed by atoms with Crippen molar-refractivity contribution in [1.29, 1.82) is 0 Å². The molecule has 1 aromatic carbocycles. The van der Waals surface area contributed by atoms with Crippen LogP contribution in [0.15, 0.2) is 12.1 Å². The molecule has 1 aromatic rings. The maximum Gasteiger partial charge on any atom is 0.203 e. The first kappa shape index (κ1) is 13.0. The lowest BCUT2D eigenvalue weighted by molar-refractivity contribution is 0.246. The van der Waals surface area contributed by atoms with Gasteiger partial charge in [-0.2, -0.15) is 0 Å². The zero-order valence-electron chi connectivity index (χ0n) is 11.3. The largest absolute Gasteiger partial charge is 0.493 e. The summed E-state index contributed by atoms with van der Waals surface area (Å²) in [6.07, 6.45) is 4.25. The van der Waals surface area contributed by atoms with Crippen LogP contribution in [0.1, 0.15) is 24.8 Å². The molecular weight excluding hydrogens is 230 g/mol. The molecule has 0 spiro atoms. The second kappa shape index (κ2) is 5.06. The normalized spacial score (nSPS) is 16.9. The van der Waals surface area contributed by atoms with E-state index < -0.39 is 0 Å². The van der Waals surface area contributed by atoms with E-state index in [1.807, 2.05) is 12.1 Å². The molecule has 0 aliphatic heterocycles. The molecule has 100 valence electrons. The second-order valence-electron chi connectivity index (χ2n) is 4.93. The Morgan fingerprint density at radius 1 is 1.06 bits per heavy atom. The van der Waals surface area contributed by atoms with Gasteiger partial charge in [-0.3, -0.25) is 0 Å². The lowest BCUT2D eigenvalue weighted by Crippen LogP contribution is -2.48. The standard InChI is InChI=1S/C14H21NO3/c1-16-11-7-10(9-14(15)5-4-6-14)8-12(17-2)13(11)18-3/h7-8H,4-6,9,15H2,1-3H3. The Labute approximate surface area is 108 Å².